The van der Waals surface area contributed by atoms with Gasteiger partial charge < -0.3 is 11.1 Å². The predicted octanol–water partition coefficient (Wildman–Crippen LogP) is 2.32. The minimum absolute atomic E-state index is 0.113. The lowest BCUT2D eigenvalue weighted by Crippen LogP contribution is -2.17. The van der Waals surface area contributed by atoms with E-state index in [0.717, 1.165) is 44.2 Å². The van der Waals surface area contributed by atoms with Gasteiger partial charge in [0.2, 0.25) is 0 Å². The van der Waals surface area contributed by atoms with Gasteiger partial charge in [-0.15, -0.1) is 0 Å². The lowest BCUT2D eigenvalue weighted by atomic mass is 9.94. The van der Waals surface area contributed by atoms with Crippen LogP contribution in [0.25, 0.3) is 0 Å². The fourth-order valence-electron chi connectivity index (χ4n) is 3.11. The number of fused-ring (bicyclic) bond motifs is 1. The van der Waals surface area contributed by atoms with Crippen LogP contribution in [0.1, 0.15) is 42.0 Å². The predicted molar refractivity (Wildman–Crippen MR) is 62.8 cm³/mol. The summed E-state index contributed by atoms with van der Waals surface area (Å²) in [6.07, 6.45) is 5.31. The van der Waals surface area contributed by atoms with Crippen LogP contribution in [0.5, 0.6) is 0 Å². The third-order valence-electron chi connectivity index (χ3n) is 3.84. The van der Waals surface area contributed by atoms with E-state index >= 15 is 0 Å². The lowest BCUT2D eigenvalue weighted by molar-refractivity contribution is 0.554. The van der Waals surface area contributed by atoms with Gasteiger partial charge in [0, 0.05) is 17.3 Å². The molecular formula is C13H17FN2. The van der Waals surface area contributed by atoms with Crippen LogP contribution in [0.3, 0.4) is 0 Å². The summed E-state index contributed by atoms with van der Waals surface area (Å²) >= 11 is 0. The molecule has 0 aromatic heterocycles. The van der Waals surface area contributed by atoms with Crippen LogP contribution in [-0.2, 0) is 12.8 Å². The Labute approximate surface area is 95.0 Å². The van der Waals surface area contributed by atoms with Crippen molar-refractivity contribution in [3.63, 3.8) is 0 Å². The third-order valence-corrected chi connectivity index (χ3v) is 3.84. The summed E-state index contributed by atoms with van der Waals surface area (Å²) in [5, 5.41) is 3.38. The van der Waals surface area contributed by atoms with Crippen LogP contribution >= 0.6 is 0 Å². The Bertz CT molecular complexity index is 422. The van der Waals surface area contributed by atoms with Crippen molar-refractivity contribution >= 4 is 5.69 Å². The topological polar surface area (TPSA) is 38.0 Å². The van der Waals surface area contributed by atoms with Crippen LogP contribution in [-0.4, -0.2) is 6.54 Å². The first-order valence-corrected chi connectivity index (χ1v) is 6.10. The maximum Gasteiger partial charge on any atom is 0.130 e. The fourth-order valence-corrected chi connectivity index (χ4v) is 3.11. The molecule has 2 aliphatic rings. The molecule has 1 heterocycles. The molecule has 0 spiro atoms. The Balaban J connectivity index is 2.12. The highest BCUT2D eigenvalue weighted by Gasteiger charge is 2.27. The van der Waals surface area contributed by atoms with Crippen molar-refractivity contribution in [1.82, 2.24) is 5.32 Å². The van der Waals surface area contributed by atoms with Gasteiger partial charge in [0.15, 0.2) is 0 Å². The van der Waals surface area contributed by atoms with Gasteiger partial charge in [0.25, 0.3) is 0 Å². The quantitative estimate of drug-likeness (QED) is 0.713. The first-order valence-electron chi connectivity index (χ1n) is 6.10. The zero-order valence-electron chi connectivity index (χ0n) is 9.35. The molecule has 1 aromatic rings. The SMILES string of the molecule is Nc1cc(F)c([C@@H]2CCCN2)c2c1CCC2. The molecule has 1 aliphatic heterocycles. The van der Waals surface area contributed by atoms with Crippen LogP contribution in [0, 0.1) is 5.82 Å². The molecule has 1 fully saturated rings. The second kappa shape index (κ2) is 3.74. The Kier molecular flexibility index (Phi) is 2.36. The van der Waals surface area contributed by atoms with Gasteiger partial charge in [-0.2, -0.15) is 0 Å². The zero-order valence-corrected chi connectivity index (χ0v) is 9.35. The van der Waals surface area contributed by atoms with Crippen LogP contribution in [0.2, 0.25) is 0 Å². The van der Waals surface area contributed by atoms with Crippen molar-refractivity contribution < 1.29 is 4.39 Å². The van der Waals surface area contributed by atoms with E-state index in [1.807, 2.05) is 0 Å². The zero-order chi connectivity index (χ0) is 11.1. The number of nitrogens with one attached hydrogen (secondary N) is 1. The van der Waals surface area contributed by atoms with Gasteiger partial charge in [-0.3, -0.25) is 0 Å². The third kappa shape index (κ3) is 1.42. The molecular weight excluding hydrogens is 203 g/mol. The van der Waals surface area contributed by atoms with Crippen molar-refractivity contribution in [3.05, 3.63) is 28.6 Å². The number of hydrogen-bond acceptors (Lipinski definition) is 2. The number of benzene rings is 1. The molecule has 0 amide bonds. The average molecular weight is 220 g/mol. The first-order chi connectivity index (χ1) is 7.77. The van der Waals surface area contributed by atoms with Gasteiger partial charge in [-0.05, 0) is 55.8 Å². The number of halogens is 1. The lowest BCUT2D eigenvalue weighted by Gasteiger charge is -2.18. The standard InChI is InChI=1S/C13H17FN2/c14-10-7-11(15)8-3-1-4-9(8)13(10)12-5-2-6-16-12/h7,12,16H,1-6,15H2/t12-/m0/s1. The molecule has 0 radical (unpaired) electrons. The highest BCUT2D eigenvalue weighted by molar-refractivity contribution is 5.57. The van der Waals surface area contributed by atoms with E-state index in [1.165, 1.54) is 17.2 Å². The van der Waals surface area contributed by atoms with Crippen LogP contribution in [0.15, 0.2) is 6.07 Å². The van der Waals surface area contributed by atoms with Crippen LogP contribution in [0.4, 0.5) is 10.1 Å². The van der Waals surface area contributed by atoms with Gasteiger partial charge in [-0.1, -0.05) is 0 Å². The molecule has 1 aliphatic carbocycles. The Morgan fingerprint density at radius 1 is 1.25 bits per heavy atom. The van der Waals surface area contributed by atoms with E-state index in [2.05, 4.69) is 5.32 Å². The summed E-state index contributed by atoms with van der Waals surface area (Å²) in [7, 11) is 0. The van der Waals surface area contributed by atoms with Gasteiger partial charge in [0.1, 0.15) is 5.82 Å². The maximum absolute atomic E-state index is 14.0. The van der Waals surface area contributed by atoms with E-state index in [-0.39, 0.29) is 11.9 Å². The highest BCUT2D eigenvalue weighted by Crippen LogP contribution is 2.37. The van der Waals surface area contributed by atoms with Gasteiger partial charge >= 0.3 is 0 Å². The number of anilines is 1. The van der Waals surface area contributed by atoms with Crippen molar-refractivity contribution in [1.29, 1.82) is 0 Å². The molecule has 1 atom stereocenters. The normalized spacial score (nSPS) is 23.7. The molecule has 1 saturated heterocycles. The minimum Gasteiger partial charge on any atom is -0.398 e. The van der Waals surface area contributed by atoms with E-state index in [9.17, 15) is 4.39 Å². The van der Waals surface area contributed by atoms with Crippen LogP contribution < -0.4 is 11.1 Å². The van der Waals surface area contributed by atoms with Gasteiger partial charge in [-0.25, -0.2) is 4.39 Å². The summed E-state index contributed by atoms with van der Waals surface area (Å²) < 4.78 is 14.0. The maximum atomic E-state index is 14.0. The van der Waals surface area contributed by atoms with Crippen molar-refractivity contribution in [2.45, 2.75) is 38.1 Å². The summed E-state index contributed by atoms with van der Waals surface area (Å²) in [6, 6.07) is 1.73. The monoisotopic (exact) mass is 220 g/mol. The molecule has 1 aromatic carbocycles. The van der Waals surface area contributed by atoms with Crippen molar-refractivity contribution in [3.8, 4) is 0 Å². The van der Waals surface area contributed by atoms with Gasteiger partial charge in [0.05, 0.1) is 0 Å². The average Bonchev–Trinajstić information content (AvgIpc) is 2.86. The molecule has 3 heteroatoms. The molecule has 3 rings (SSSR count). The highest BCUT2D eigenvalue weighted by atomic mass is 19.1. The second-order valence-electron chi connectivity index (χ2n) is 4.82. The first kappa shape index (κ1) is 10.1. The number of nitrogens with two attached hydrogens (primary N) is 1. The summed E-state index contributed by atoms with van der Waals surface area (Å²) in [6.45, 7) is 1.00. The van der Waals surface area contributed by atoms with E-state index < -0.39 is 0 Å². The Hall–Kier alpha value is -1.09. The summed E-state index contributed by atoms with van der Waals surface area (Å²) in [4.78, 5) is 0. The van der Waals surface area contributed by atoms with E-state index in [0.29, 0.717) is 5.69 Å². The van der Waals surface area contributed by atoms with E-state index in [4.69, 9.17) is 5.73 Å². The minimum atomic E-state index is -0.113. The summed E-state index contributed by atoms with van der Waals surface area (Å²) in [5.41, 5.74) is 9.82. The van der Waals surface area contributed by atoms with Crippen molar-refractivity contribution in [2.24, 2.45) is 0 Å². The number of rotatable bonds is 1. The summed E-state index contributed by atoms with van der Waals surface area (Å²) in [5.74, 6) is -0.113. The molecule has 86 valence electrons. The Morgan fingerprint density at radius 3 is 2.81 bits per heavy atom. The molecule has 0 unspecified atom stereocenters. The number of hydrogen-bond donors (Lipinski definition) is 2. The molecule has 2 nitrogen and oxygen atoms in total. The fraction of sp³-hybridized carbons (Fsp3) is 0.538. The Morgan fingerprint density at radius 2 is 2.06 bits per heavy atom. The molecule has 0 bridgehead atoms. The molecule has 3 N–H and O–H groups in total. The van der Waals surface area contributed by atoms with E-state index in [1.54, 1.807) is 0 Å². The number of nitrogen functional groups attached to an aromatic ring is 1. The molecule has 16 heavy (non-hydrogen) atoms. The molecule has 0 saturated carbocycles. The van der Waals surface area contributed by atoms with Crippen molar-refractivity contribution in [2.75, 3.05) is 12.3 Å². The largest absolute Gasteiger partial charge is 0.398 e. The second-order valence-corrected chi connectivity index (χ2v) is 4.82. The smallest absolute Gasteiger partial charge is 0.130 e.